The maximum atomic E-state index is 3.54. The van der Waals surface area contributed by atoms with Crippen molar-refractivity contribution in [2.24, 2.45) is 0 Å². The zero-order valence-corrected chi connectivity index (χ0v) is 8.38. The van der Waals surface area contributed by atoms with Gasteiger partial charge in [-0.25, -0.2) is 0 Å². The van der Waals surface area contributed by atoms with Gasteiger partial charge in [-0.05, 0) is 31.7 Å². The number of rotatable bonds is 1. The van der Waals surface area contributed by atoms with E-state index < -0.39 is 0 Å². The molecule has 1 saturated heterocycles. The van der Waals surface area contributed by atoms with E-state index in [2.05, 4.69) is 49.5 Å². The predicted molar refractivity (Wildman–Crippen MR) is 55.9 cm³/mol. The summed E-state index contributed by atoms with van der Waals surface area (Å²) in [5, 5.41) is 3.54. The average Bonchev–Trinajstić information content (AvgIpc) is 2.48. The first-order valence-electron chi connectivity index (χ1n) is 4.97. The predicted octanol–water partition coefficient (Wildman–Crippen LogP) is 2.54. The molecule has 0 bridgehead atoms. The van der Waals surface area contributed by atoms with Crippen LogP contribution < -0.4 is 5.32 Å². The van der Waals surface area contributed by atoms with E-state index in [9.17, 15) is 0 Å². The van der Waals surface area contributed by atoms with E-state index in [0.29, 0.717) is 11.5 Å². The molecule has 1 fully saturated rings. The van der Waals surface area contributed by atoms with E-state index in [4.69, 9.17) is 0 Å². The quantitative estimate of drug-likeness (QED) is 0.691. The highest BCUT2D eigenvalue weighted by molar-refractivity contribution is 5.22. The van der Waals surface area contributed by atoms with Gasteiger partial charge in [-0.15, -0.1) is 0 Å². The largest absolute Gasteiger partial charge is 0.311 e. The fourth-order valence-electron chi connectivity index (χ4n) is 2.12. The highest BCUT2D eigenvalue weighted by atomic mass is 15.0. The zero-order valence-electron chi connectivity index (χ0n) is 8.38. The summed E-state index contributed by atoms with van der Waals surface area (Å²) >= 11 is 0. The molecule has 1 aliphatic rings. The van der Waals surface area contributed by atoms with Crippen molar-refractivity contribution >= 4 is 0 Å². The minimum Gasteiger partial charge on any atom is -0.311 e. The van der Waals surface area contributed by atoms with Crippen LogP contribution in [0.25, 0.3) is 0 Å². The Balaban J connectivity index is 2.13. The summed E-state index contributed by atoms with van der Waals surface area (Å²) < 4.78 is 0. The number of nitrogens with one attached hydrogen (secondary N) is 1. The molecule has 0 spiro atoms. The highest BCUT2D eigenvalue weighted by Crippen LogP contribution is 2.30. The minimum absolute atomic E-state index is 0.320. The van der Waals surface area contributed by atoms with Crippen LogP contribution in [0, 0.1) is 0 Å². The molecule has 0 saturated carbocycles. The van der Waals surface area contributed by atoms with E-state index >= 15 is 0 Å². The number of benzene rings is 1. The summed E-state index contributed by atoms with van der Waals surface area (Å²) in [6.07, 6.45) is 1.25. The minimum atomic E-state index is 0.320. The van der Waals surface area contributed by atoms with Crippen LogP contribution in [0.1, 0.15) is 31.7 Å². The normalized spacial score (nSPS) is 26.2. The van der Waals surface area contributed by atoms with Gasteiger partial charge in [0, 0.05) is 12.1 Å². The third-order valence-corrected chi connectivity index (χ3v) is 2.85. The van der Waals surface area contributed by atoms with E-state index in [1.165, 1.54) is 12.0 Å². The molecule has 1 aromatic rings. The maximum absolute atomic E-state index is 3.54. The molecule has 0 aromatic heterocycles. The smallest absolute Gasteiger partial charge is 0.0131 e. The summed E-state index contributed by atoms with van der Waals surface area (Å²) in [6, 6.07) is 10.8. The molecule has 1 aromatic carbocycles. The SMILES string of the molecule is CC1(C)CC(c2ccccc2)CN1. The van der Waals surface area contributed by atoms with Crippen LogP contribution in [0.2, 0.25) is 0 Å². The standard InChI is InChI=1S/C12H17N/c1-12(2)8-11(9-13-12)10-6-4-3-5-7-10/h3-7,11,13H,8-9H2,1-2H3. The molecule has 1 nitrogen and oxygen atoms in total. The van der Waals surface area contributed by atoms with Crippen molar-refractivity contribution in [1.29, 1.82) is 0 Å². The van der Waals surface area contributed by atoms with Crippen LogP contribution in [0.4, 0.5) is 0 Å². The lowest BCUT2D eigenvalue weighted by atomic mass is 9.91. The lowest BCUT2D eigenvalue weighted by Crippen LogP contribution is -2.31. The van der Waals surface area contributed by atoms with Crippen LogP contribution in [0.15, 0.2) is 30.3 Å². The van der Waals surface area contributed by atoms with Gasteiger partial charge in [-0.2, -0.15) is 0 Å². The van der Waals surface area contributed by atoms with Gasteiger partial charge in [0.1, 0.15) is 0 Å². The maximum Gasteiger partial charge on any atom is 0.0131 e. The first kappa shape index (κ1) is 8.76. The van der Waals surface area contributed by atoms with Crippen LogP contribution in [-0.2, 0) is 0 Å². The van der Waals surface area contributed by atoms with Gasteiger partial charge >= 0.3 is 0 Å². The monoisotopic (exact) mass is 175 g/mol. The lowest BCUT2D eigenvalue weighted by Gasteiger charge is -2.17. The molecular formula is C12H17N. The van der Waals surface area contributed by atoms with Crippen molar-refractivity contribution < 1.29 is 0 Å². The van der Waals surface area contributed by atoms with Gasteiger partial charge in [0.2, 0.25) is 0 Å². The molecule has 1 atom stereocenters. The Labute approximate surface area is 80.2 Å². The van der Waals surface area contributed by atoms with Crippen LogP contribution in [-0.4, -0.2) is 12.1 Å². The Morgan fingerprint density at radius 3 is 2.46 bits per heavy atom. The van der Waals surface area contributed by atoms with Gasteiger partial charge in [-0.3, -0.25) is 0 Å². The number of hydrogen-bond donors (Lipinski definition) is 1. The molecule has 0 amide bonds. The van der Waals surface area contributed by atoms with Crippen LogP contribution >= 0.6 is 0 Å². The number of hydrogen-bond acceptors (Lipinski definition) is 1. The van der Waals surface area contributed by atoms with Crippen molar-refractivity contribution in [1.82, 2.24) is 5.32 Å². The Hall–Kier alpha value is -0.820. The second-order valence-electron chi connectivity index (χ2n) is 4.58. The molecule has 1 N–H and O–H groups in total. The van der Waals surface area contributed by atoms with Gasteiger partial charge in [0.05, 0.1) is 0 Å². The van der Waals surface area contributed by atoms with E-state index in [1.807, 2.05) is 0 Å². The molecule has 2 rings (SSSR count). The van der Waals surface area contributed by atoms with Crippen molar-refractivity contribution in [3.63, 3.8) is 0 Å². The lowest BCUT2D eigenvalue weighted by molar-refractivity contribution is 0.456. The van der Waals surface area contributed by atoms with Crippen molar-refractivity contribution in [3.05, 3.63) is 35.9 Å². The summed E-state index contributed by atoms with van der Waals surface area (Å²) in [4.78, 5) is 0. The third kappa shape index (κ3) is 1.92. The molecule has 1 aliphatic heterocycles. The highest BCUT2D eigenvalue weighted by Gasteiger charge is 2.30. The van der Waals surface area contributed by atoms with Crippen LogP contribution in [0.3, 0.4) is 0 Å². The van der Waals surface area contributed by atoms with Gasteiger partial charge in [0.25, 0.3) is 0 Å². The third-order valence-electron chi connectivity index (χ3n) is 2.85. The molecule has 0 aliphatic carbocycles. The van der Waals surface area contributed by atoms with E-state index in [1.54, 1.807) is 0 Å². The average molecular weight is 175 g/mol. The molecule has 1 unspecified atom stereocenters. The van der Waals surface area contributed by atoms with Gasteiger partial charge < -0.3 is 5.32 Å². The summed E-state index contributed by atoms with van der Waals surface area (Å²) in [5.74, 6) is 0.705. The second kappa shape index (κ2) is 3.15. The Bertz CT molecular complexity index is 276. The Morgan fingerprint density at radius 1 is 1.23 bits per heavy atom. The summed E-state index contributed by atoms with van der Waals surface area (Å²) in [6.45, 7) is 5.67. The Morgan fingerprint density at radius 2 is 1.92 bits per heavy atom. The summed E-state index contributed by atoms with van der Waals surface area (Å²) in [7, 11) is 0. The topological polar surface area (TPSA) is 12.0 Å². The first-order chi connectivity index (χ1) is 6.17. The molecule has 0 radical (unpaired) electrons. The molecule has 70 valence electrons. The zero-order chi connectivity index (χ0) is 9.31. The van der Waals surface area contributed by atoms with Crippen molar-refractivity contribution in [2.75, 3.05) is 6.54 Å². The fourth-order valence-corrected chi connectivity index (χ4v) is 2.12. The first-order valence-corrected chi connectivity index (χ1v) is 4.97. The van der Waals surface area contributed by atoms with Crippen molar-refractivity contribution in [3.8, 4) is 0 Å². The molecule has 13 heavy (non-hydrogen) atoms. The fraction of sp³-hybridized carbons (Fsp3) is 0.500. The van der Waals surface area contributed by atoms with Gasteiger partial charge in [-0.1, -0.05) is 30.3 Å². The molecular weight excluding hydrogens is 158 g/mol. The molecule has 1 heteroatoms. The van der Waals surface area contributed by atoms with E-state index in [-0.39, 0.29) is 0 Å². The van der Waals surface area contributed by atoms with Crippen molar-refractivity contribution in [2.45, 2.75) is 31.7 Å². The van der Waals surface area contributed by atoms with Crippen LogP contribution in [0.5, 0.6) is 0 Å². The molecule has 1 heterocycles. The Kier molecular flexibility index (Phi) is 2.12. The van der Waals surface area contributed by atoms with E-state index in [0.717, 1.165) is 6.54 Å². The van der Waals surface area contributed by atoms with Gasteiger partial charge in [0.15, 0.2) is 0 Å². The summed E-state index contributed by atoms with van der Waals surface area (Å²) in [5.41, 5.74) is 1.79. The second-order valence-corrected chi connectivity index (χ2v) is 4.58.